The van der Waals surface area contributed by atoms with E-state index in [2.05, 4.69) is 43.5 Å². The number of allylic oxidation sites excluding steroid dienone is 5. The van der Waals surface area contributed by atoms with Crippen molar-refractivity contribution in [2.45, 2.75) is 244 Å². The topological polar surface area (TPSA) is 108 Å². The van der Waals surface area contributed by atoms with E-state index in [1.807, 2.05) is 27.2 Å². The van der Waals surface area contributed by atoms with Crippen molar-refractivity contribution < 1.29 is 32.9 Å². The van der Waals surface area contributed by atoms with Crippen molar-refractivity contribution >= 4 is 13.7 Å². The van der Waals surface area contributed by atoms with Gasteiger partial charge in [0.1, 0.15) is 13.2 Å². The zero-order valence-electron chi connectivity index (χ0n) is 40.2. The summed E-state index contributed by atoms with van der Waals surface area (Å²) in [5.74, 6) is -0.208. The molecule has 0 spiro atoms. The summed E-state index contributed by atoms with van der Waals surface area (Å²) in [6, 6.07) is -0.906. The first-order valence-electron chi connectivity index (χ1n) is 25.4. The number of amides is 1. The molecule has 0 rings (SSSR count). The Hall–Kier alpha value is -1.28. The van der Waals surface area contributed by atoms with Crippen LogP contribution in [0.3, 0.4) is 0 Å². The maximum absolute atomic E-state index is 12.9. The monoisotopic (exact) mass is 867 g/mol. The van der Waals surface area contributed by atoms with Gasteiger partial charge in [0, 0.05) is 6.42 Å². The van der Waals surface area contributed by atoms with Crippen molar-refractivity contribution in [3.05, 3.63) is 36.5 Å². The van der Waals surface area contributed by atoms with Gasteiger partial charge in [-0.15, -0.1) is 0 Å². The van der Waals surface area contributed by atoms with Gasteiger partial charge in [0.05, 0.1) is 39.9 Å². The van der Waals surface area contributed by atoms with Crippen molar-refractivity contribution in [3.63, 3.8) is 0 Å². The Morgan fingerprint density at radius 3 is 1.35 bits per heavy atom. The highest BCUT2D eigenvalue weighted by atomic mass is 31.2. The van der Waals surface area contributed by atoms with Gasteiger partial charge < -0.3 is 28.8 Å². The molecule has 0 aromatic carbocycles. The minimum absolute atomic E-state index is 0.00762. The second kappa shape index (κ2) is 43.0. The van der Waals surface area contributed by atoms with E-state index >= 15 is 0 Å². The van der Waals surface area contributed by atoms with E-state index in [0.29, 0.717) is 17.4 Å². The molecule has 9 heteroatoms. The summed E-state index contributed by atoms with van der Waals surface area (Å²) in [5.41, 5.74) is 0. The van der Waals surface area contributed by atoms with Crippen LogP contribution in [0.2, 0.25) is 0 Å². The van der Waals surface area contributed by atoms with E-state index in [9.17, 15) is 19.4 Å². The van der Waals surface area contributed by atoms with Crippen LogP contribution in [-0.4, -0.2) is 68.5 Å². The maximum Gasteiger partial charge on any atom is 0.268 e. The van der Waals surface area contributed by atoms with E-state index < -0.39 is 26.6 Å². The number of carbonyl (C=O) groups excluding carboxylic acids is 1. The van der Waals surface area contributed by atoms with Gasteiger partial charge in [-0.1, -0.05) is 217 Å². The second-order valence-corrected chi connectivity index (χ2v) is 19.9. The summed E-state index contributed by atoms with van der Waals surface area (Å²) in [6.45, 7) is 4.64. The van der Waals surface area contributed by atoms with Gasteiger partial charge in [0.25, 0.3) is 7.82 Å². The minimum Gasteiger partial charge on any atom is -0.756 e. The van der Waals surface area contributed by atoms with Crippen LogP contribution in [0, 0.1) is 0 Å². The minimum atomic E-state index is -4.60. The molecule has 0 bridgehead atoms. The molecule has 354 valence electrons. The molecule has 0 aliphatic rings. The number of hydrogen-bond acceptors (Lipinski definition) is 6. The van der Waals surface area contributed by atoms with Crippen molar-refractivity contribution in [1.82, 2.24) is 5.32 Å². The Labute approximate surface area is 372 Å². The van der Waals surface area contributed by atoms with Gasteiger partial charge in [-0.2, -0.15) is 0 Å². The molecule has 0 aliphatic heterocycles. The number of phosphoric acid groups is 1. The van der Waals surface area contributed by atoms with Crippen LogP contribution in [0.25, 0.3) is 0 Å². The highest BCUT2D eigenvalue weighted by Crippen LogP contribution is 2.38. The number of quaternary nitrogens is 1. The summed E-state index contributed by atoms with van der Waals surface area (Å²) in [4.78, 5) is 25.4. The van der Waals surface area contributed by atoms with Crippen LogP contribution in [-0.2, 0) is 18.4 Å². The van der Waals surface area contributed by atoms with Crippen LogP contribution in [0.5, 0.6) is 0 Å². The van der Waals surface area contributed by atoms with Crippen LogP contribution in [0.4, 0.5) is 0 Å². The van der Waals surface area contributed by atoms with Gasteiger partial charge in [-0.05, 0) is 44.9 Å². The van der Waals surface area contributed by atoms with Crippen molar-refractivity contribution in [2.24, 2.45) is 0 Å². The van der Waals surface area contributed by atoms with Crippen LogP contribution in [0.15, 0.2) is 36.5 Å². The molecule has 0 fully saturated rings. The lowest BCUT2D eigenvalue weighted by Crippen LogP contribution is -2.45. The molecule has 2 N–H and O–H groups in total. The molecule has 1 amide bonds. The smallest absolute Gasteiger partial charge is 0.268 e. The first kappa shape index (κ1) is 58.7. The molecule has 0 aromatic rings. The number of nitrogens with one attached hydrogen (secondary N) is 1. The molecule has 60 heavy (non-hydrogen) atoms. The molecular formula is C51H99N2O6P. The number of aliphatic hydroxyl groups excluding tert-OH is 1. The molecule has 3 unspecified atom stereocenters. The molecule has 0 saturated carbocycles. The molecule has 0 aromatic heterocycles. The quantitative estimate of drug-likeness (QED) is 0.0273. The van der Waals surface area contributed by atoms with Crippen LogP contribution < -0.4 is 10.2 Å². The summed E-state index contributed by atoms with van der Waals surface area (Å²) >= 11 is 0. The third kappa shape index (κ3) is 44.8. The zero-order chi connectivity index (χ0) is 44.3. The average Bonchev–Trinajstić information content (AvgIpc) is 3.20. The first-order chi connectivity index (χ1) is 29.0. The summed E-state index contributed by atoms with van der Waals surface area (Å²) < 4.78 is 23.2. The van der Waals surface area contributed by atoms with Gasteiger partial charge in [-0.25, -0.2) is 0 Å². The highest BCUT2D eigenvalue weighted by Gasteiger charge is 2.23. The Morgan fingerprint density at radius 2 is 0.933 bits per heavy atom. The highest BCUT2D eigenvalue weighted by molar-refractivity contribution is 7.45. The van der Waals surface area contributed by atoms with Crippen molar-refractivity contribution in [3.8, 4) is 0 Å². The lowest BCUT2D eigenvalue weighted by Gasteiger charge is -2.29. The van der Waals surface area contributed by atoms with E-state index in [-0.39, 0.29) is 12.5 Å². The molecular weight excluding hydrogens is 768 g/mol. The summed E-state index contributed by atoms with van der Waals surface area (Å²) in [6.07, 6.45) is 53.4. The van der Waals surface area contributed by atoms with Crippen molar-refractivity contribution in [1.29, 1.82) is 0 Å². The van der Waals surface area contributed by atoms with E-state index in [1.54, 1.807) is 6.08 Å². The molecule has 0 saturated heterocycles. The lowest BCUT2D eigenvalue weighted by molar-refractivity contribution is -0.870. The number of likely N-dealkylation sites (N-methyl/N-ethyl adjacent to an activating group) is 1. The maximum atomic E-state index is 12.9. The SMILES string of the molecule is CCCCCCCCCCC/C=C/CC/C=C/CC/C=C/C(O)C(COP(=O)([O-])OCC[N+](C)(C)C)NC(=O)CCCCCCCCCCCCCCCCCCCCC. The molecule has 0 aliphatic carbocycles. The van der Waals surface area contributed by atoms with E-state index in [1.165, 1.54) is 167 Å². The van der Waals surface area contributed by atoms with Gasteiger partial charge in [0.15, 0.2) is 0 Å². The van der Waals surface area contributed by atoms with Crippen LogP contribution >= 0.6 is 7.82 Å². The molecule has 3 atom stereocenters. The molecule has 8 nitrogen and oxygen atoms in total. The standard InChI is InChI=1S/C51H99N2O6P/c1-6-8-10-12-14-16-18-20-22-24-26-28-30-32-34-36-38-40-42-44-50(54)49(48-59-60(56,57)58-47-46-53(3,4)5)52-51(55)45-43-41-39-37-35-33-31-29-27-25-23-21-19-17-15-13-11-9-7-2/h26,28,34,36,42,44,49-50,54H,6-25,27,29-33,35,37-41,43,45-48H2,1-5H3,(H-,52,55,56,57)/b28-26+,36-34+,44-42+. The van der Waals surface area contributed by atoms with Gasteiger partial charge in [-0.3, -0.25) is 9.36 Å². The van der Waals surface area contributed by atoms with Gasteiger partial charge in [0.2, 0.25) is 5.91 Å². The predicted octanol–water partition coefficient (Wildman–Crippen LogP) is 14.0. The number of carbonyl (C=O) groups is 1. The Morgan fingerprint density at radius 1 is 0.567 bits per heavy atom. The molecule has 0 radical (unpaired) electrons. The number of unbranched alkanes of at least 4 members (excludes halogenated alkanes) is 29. The zero-order valence-corrected chi connectivity index (χ0v) is 41.1. The Balaban J connectivity index is 4.38. The lowest BCUT2D eigenvalue weighted by atomic mass is 10.0. The third-order valence-corrected chi connectivity index (χ3v) is 12.3. The van der Waals surface area contributed by atoms with E-state index in [4.69, 9.17) is 9.05 Å². The number of phosphoric ester groups is 1. The number of aliphatic hydroxyl groups is 1. The van der Waals surface area contributed by atoms with Crippen LogP contribution in [0.1, 0.15) is 232 Å². The third-order valence-electron chi connectivity index (χ3n) is 11.3. The van der Waals surface area contributed by atoms with Crippen molar-refractivity contribution in [2.75, 3.05) is 40.9 Å². The summed E-state index contributed by atoms with van der Waals surface area (Å²) in [5, 5.41) is 13.8. The molecule has 0 heterocycles. The average molecular weight is 867 g/mol. The number of rotatable bonds is 46. The normalized spacial score (nSPS) is 14.4. The largest absolute Gasteiger partial charge is 0.756 e. The second-order valence-electron chi connectivity index (χ2n) is 18.5. The summed E-state index contributed by atoms with van der Waals surface area (Å²) in [7, 11) is 1.24. The fourth-order valence-electron chi connectivity index (χ4n) is 7.30. The number of nitrogens with zero attached hydrogens (tertiary/aromatic N) is 1. The first-order valence-corrected chi connectivity index (χ1v) is 26.8. The van der Waals surface area contributed by atoms with E-state index in [0.717, 1.165) is 44.9 Å². The number of hydrogen-bond donors (Lipinski definition) is 2. The Kier molecular flexibility index (Phi) is 42.1. The fraction of sp³-hybridized carbons (Fsp3) is 0.863. The Bertz CT molecular complexity index is 1070. The fourth-order valence-corrected chi connectivity index (χ4v) is 8.03. The van der Waals surface area contributed by atoms with Gasteiger partial charge >= 0.3 is 0 Å². The predicted molar refractivity (Wildman–Crippen MR) is 256 cm³/mol.